The van der Waals surface area contributed by atoms with Crippen molar-refractivity contribution in [2.45, 2.75) is 13.5 Å². The molecule has 0 aromatic carbocycles. The molecule has 2 heterocycles. The van der Waals surface area contributed by atoms with Crippen molar-refractivity contribution in [1.82, 2.24) is 9.55 Å². The van der Waals surface area contributed by atoms with E-state index in [9.17, 15) is 9.59 Å². The van der Waals surface area contributed by atoms with E-state index >= 15 is 0 Å². The third-order valence-electron chi connectivity index (χ3n) is 2.22. The van der Waals surface area contributed by atoms with Crippen molar-refractivity contribution in [3.8, 4) is 0 Å². The molecule has 2 aromatic heterocycles. The zero-order valence-electron chi connectivity index (χ0n) is 9.01. The van der Waals surface area contributed by atoms with Gasteiger partial charge in [-0.25, -0.2) is 4.98 Å². The van der Waals surface area contributed by atoms with E-state index in [4.69, 9.17) is 11.6 Å². The van der Waals surface area contributed by atoms with Gasteiger partial charge in [-0.3, -0.25) is 9.59 Å². The van der Waals surface area contributed by atoms with Gasteiger partial charge < -0.3 is 4.57 Å². The Labute approximate surface area is 106 Å². The lowest BCUT2D eigenvalue weighted by Gasteiger charge is -2.05. The Hall–Kier alpha value is -1.46. The van der Waals surface area contributed by atoms with Gasteiger partial charge in [0.25, 0.3) is 5.56 Å². The van der Waals surface area contributed by atoms with Gasteiger partial charge in [0.15, 0.2) is 6.29 Å². The van der Waals surface area contributed by atoms with E-state index in [1.807, 2.05) is 0 Å². The molecule has 0 saturated carbocycles. The van der Waals surface area contributed by atoms with Gasteiger partial charge in [-0.1, -0.05) is 11.6 Å². The van der Waals surface area contributed by atoms with Crippen molar-refractivity contribution in [3.63, 3.8) is 0 Å². The second-order valence-corrected chi connectivity index (χ2v) is 5.13. The fraction of sp³-hybridized carbons (Fsp3) is 0.182. The van der Waals surface area contributed by atoms with Crippen molar-refractivity contribution in [3.05, 3.63) is 49.3 Å². The lowest BCUT2D eigenvalue weighted by Crippen LogP contribution is -2.21. The van der Waals surface area contributed by atoms with Gasteiger partial charge in [-0.05, 0) is 13.0 Å². The number of hydrogen-bond acceptors (Lipinski definition) is 4. The number of hydrogen-bond donors (Lipinski definition) is 0. The number of pyridine rings is 1. The van der Waals surface area contributed by atoms with Crippen LogP contribution < -0.4 is 5.56 Å². The van der Waals surface area contributed by atoms with E-state index in [1.54, 1.807) is 19.2 Å². The second-order valence-electron chi connectivity index (χ2n) is 3.55. The van der Waals surface area contributed by atoms with Gasteiger partial charge in [0.1, 0.15) is 5.01 Å². The SMILES string of the molecule is Cc1cc(Cl)cn(Cc2ncc(C=O)s2)c1=O. The molecule has 4 nitrogen and oxygen atoms in total. The van der Waals surface area contributed by atoms with E-state index in [1.165, 1.54) is 22.1 Å². The Kier molecular flexibility index (Phi) is 3.40. The summed E-state index contributed by atoms with van der Waals surface area (Å²) >= 11 is 7.15. The van der Waals surface area contributed by atoms with Crippen LogP contribution in [0, 0.1) is 6.92 Å². The van der Waals surface area contributed by atoms with Crippen LogP contribution >= 0.6 is 22.9 Å². The fourth-order valence-electron chi connectivity index (χ4n) is 1.45. The molecule has 0 atom stereocenters. The van der Waals surface area contributed by atoms with Crippen LogP contribution in [0.2, 0.25) is 5.02 Å². The monoisotopic (exact) mass is 268 g/mol. The molecule has 0 N–H and O–H groups in total. The van der Waals surface area contributed by atoms with Crippen molar-refractivity contribution < 1.29 is 4.79 Å². The predicted octanol–water partition coefficient (Wildman–Crippen LogP) is 2.13. The number of nitrogens with zero attached hydrogens (tertiary/aromatic N) is 2. The molecule has 88 valence electrons. The van der Waals surface area contributed by atoms with Crippen LogP contribution in [0.15, 0.2) is 23.3 Å². The summed E-state index contributed by atoms with van der Waals surface area (Å²) in [7, 11) is 0. The average Bonchev–Trinajstić information content (AvgIpc) is 2.73. The normalized spacial score (nSPS) is 10.5. The van der Waals surface area contributed by atoms with Crippen molar-refractivity contribution in [2.75, 3.05) is 0 Å². The lowest BCUT2D eigenvalue weighted by molar-refractivity contribution is 0.112. The lowest BCUT2D eigenvalue weighted by atomic mass is 10.3. The summed E-state index contributed by atoms with van der Waals surface area (Å²) in [5.74, 6) is 0. The maximum atomic E-state index is 11.8. The average molecular weight is 269 g/mol. The van der Waals surface area contributed by atoms with Crippen LogP contribution in [0.5, 0.6) is 0 Å². The molecule has 6 heteroatoms. The van der Waals surface area contributed by atoms with Gasteiger partial charge in [0, 0.05) is 18.0 Å². The number of aldehydes is 1. The molecule has 0 saturated heterocycles. The van der Waals surface area contributed by atoms with Crippen LogP contribution in [0.4, 0.5) is 0 Å². The molecule has 0 radical (unpaired) electrons. The van der Waals surface area contributed by atoms with Gasteiger partial charge >= 0.3 is 0 Å². The first-order chi connectivity index (χ1) is 8.10. The molecule has 0 aliphatic carbocycles. The number of aryl methyl sites for hydroxylation is 1. The number of carbonyl (C=O) groups excluding carboxylic acids is 1. The third kappa shape index (κ3) is 2.62. The van der Waals surface area contributed by atoms with Crippen molar-refractivity contribution in [1.29, 1.82) is 0 Å². The van der Waals surface area contributed by atoms with E-state index in [-0.39, 0.29) is 5.56 Å². The first-order valence-electron chi connectivity index (χ1n) is 4.86. The minimum atomic E-state index is -0.0998. The summed E-state index contributed by atoms with van der Waals surface area (Å²) in [6.45, 7) is 2.04. The number of aromatic nitrogens is 2. The van der Waals surface area contributed by atoms with Gasteiger partial charge in [0.05, 0.1) is 16.4 Å². The highest BCUT2D eigenvalue weighted by atomic mass is 35.5. The van der Waals surface area contributed by atoms with Crippen LogP contribution in [-0.4, -0.2) is 15.8 Å². The van der Waals surface area contributed by atoms with E-state index < -0.39 is 0 Å². The molecule has 0 aliphatic rings. The Morgan fingerprint density at radius 3 is 3.00 bits per heavy atom. The largest absolute Gasteiger partial charge is 0.307 e. The summed E-state index contributed by atoms with van der Waals surface area (Å²) in [5, 5.41) is 1.21. The first-order valence-corrected chi connectivity index (χ1v) is 6.06. The summed E-state index contributed by atoms with van der Waals surface area (Å²) in [6, 6.07) is 1.62. The maximum Gasteiger partial charge on any atom is 0.253 e. The second kappa shape index (κ2) is 4.81. The molecule has 17 heavy (non-hydrogen) atoms. The molecular weight excluding hydrogens is 260 g/mol. The van der Waals surface area contributed by atoms with E-state index in [0.29, 0.717) is 27.0 Å². The Morgan fingerprint density at radius 1 is 1.59 bits per heavy atom. The predicted molar refractivity (Wildman–Crippen MR) is 67.1 cm³/mol. The highest BCUT2D eigenvalue weighted by Crippen LogP contribution is 2.13. The molecule has 2 aromatic rings. The summed E-state index contributed by atoms with van der Waals surface area (Å²) < 4.78 is 1.49. The Bertz CT molecular complexity index is 618. The molecule has 0 spiro atoms. The van der Waals surface area contributed by atoms with Crippen LogP contribution in [0.1, 0.15) is 20.2 Å². The first kappa shape index (κ1) is 12.0. The maximum absolute atomic E-state index is 11.8. The highest BCUT2D eigenvalue weighted by molar-refractivity contribution is 7.13. The molecule has 2 rings (SSSR count). The zero-order chi connectivity index (χ0) is 12.4. The minimum Gasteiger partial charge on any atom is -0.307 e. The van der Waals surface area contributed by atoms with Gasteiger partial charge in [0.2, 0.25) is 0 Å². The van der Waals surface area contributed by atoms with Crippen molar-refractivity contribution >= 4 is 29.2 Å². The van der Waals surface area contributed by atoms with Crippen LogP contribution in [0.3, 0.4) is 0 Å². The van der Waals surface area contributed by atoms with E-state index in [0.717, 1.165) is 6.29 Å². The fourth-order valence-corrected chi connectivity index (χ4v) is 2.47. The molecule has 0 aliphatic heterocycles. The quantitative estimate of drug-likeness (QED) is 0.802. The van der Waals surface area contributed by atoms with Crippen LogP contribution in [0.25, 0.3) is 0 Å². The topological polar surface area (TPSA) is 52.0 Å². The molecular formula is C11H9ClN2O2S. The summed E-state index contributed by atoms with van der Waals surface area (Å²) in [6.07, 6.45) is 3.81. The summed E-state index contributed by atoms with van der Waals surface area (Å²) in [4.78, 5) is 27.0. The number of halogens is 1. The van der Waals surface area contributed by atoms with Gasteiger partial charge in [-0.2, -0.15) is 0 Å². The standard InChI is InChI=1S/C11H9ClN2O2S/c1-7-2-8(12)4-14(11(7)16)5-10-13-3-9(6-15)17-10/h2-4,6H,5H2,1H3. The molecule has 0 amide bonds. The molecule has 0 bridgehead atoms. The Morgan fingerprint density at radius 2 is 2.35 bits per heavy atom. The number of carbonyl (C=O) groups is 1. The molecule has 0 unspecified atom stereocenters. The third-order valence-corrected chi connectivity index (χ3v) is 3.34. The number of thiazole rings is 1. The van der Waals surface area contributed by atoms with Crippen LogP contribution in [-0.2, 0) is 6.54 Å². The summed E-state index contributed by atoms with van der Waals surface area (Å²) in [5.41, 5.74) is 0.488. The minimum absolute atomic E-state index is 0.0998. The van der Waals surface area contributed by atoms with Crippen molar-refractivity contribution in [2.24, 2.45) is 0 Å². The molecule has 0 fully saturated rings. The highest BCUT2D eigenvalue weighted by Gasteiger charge is 2.06. The number of rotatable bonds is 3. The smallest absolute Gasteiger partial charge is 0.253 e. The van der Waals surface area contributed by atoms with Gasteiger partial charge in [-0.15, -0.1) is 11.3 Å². The Balaban J connectivity index is 2.35. The van der Waals surface area contributed by atoms with E-state index in [2.05, 4.69) is 4.98 Å². The zero-order valence-corrected chi connectivity index (χ0v) is 10.6.